The van der Waals surface area contributed by atoms with Crippen LogP contribution in [-0.4, -0.2) is 30.1 Å². The summed E-state index contributed by atoms with van der Waals surface area (Å²) in [6.45, 7) is 0.473. The largest absolute Gasteiger partial charge is 0.468 e. The number of esters is 1. The fourth-order valence-corrected chi connectivity index (χ4v) is 1.85. The summed E-state index contributed by atoms with van der Waals surface area (Å²) in [7, 11) is 1.28. The predicted molar refractivity (Wildman–Crippen MR) is 74.3 cm³/mol. The molecule has 0 spiro atoms. The standard InChI is InChI=1S/C15H16N2O3/c1-20-14(18)10-16-15(19)13-8-5-9-17(13)11-12-6-3-2-4-7-12/h2-9H,10-11H2,1H3,(H,16,19). The van der Waals surface area contributed by atoms with Crippen LogP contribution in [-0.2, 0) is 16.1 Å². The third-order valence-electron chi connectivity index (χ3n) is 2.88. The summed E-state index contributed by atoms with van der Waals surface area (Å²) in [6.07, 6.45) is 1.83. The first-order valence-electron chi connectivity index (χ1n) is 6.25. The van der Waals surface area contributed by atoms with Gasteiger partial charge in [0.15, 0.2) is 0 Å². The average molecular weight is 272 g/mol. The van der Waals surface area contributed by atoms with E-state index in [1.54, 1.807) is 12.1 Å². The smallest absolute Gasteiger partial charge is 0.325 e. The van der Waals surface area contributed by atoms with Gasteiger partial charge in [0.25, 0.3) is 5.91 Å². The van der Waals surface area contributed by atoms with Gasteiger partial charge in [-0.05, 0) is 17.7 Å². The molecule has 1 aromatic heterocycles. The van der Waals surface area contributed by atoms with E-state index in [1.165, 1.54) is 7.11 Å². The molecule has 2 aromatic rings. The summed E-state index contributed by atoms with van der Waals surface area (Å²) in [6, 6.07) is 13.4. The van der Waals surface area contributed by atoms with Gasteiger partial charge in [-0.1, -0.05) is 30.3 Å². The SMILES string of the molecule is COC(=O)CNC(=O)c1cccn1Cc1ccccc1. The molecule has 1 amide bonds. The van der Waals surface area contributed by atoms with Crippen molar-refractivity contribution in [2.45, 2.75) is 6.54 Å². The highest BCUT2D eigenvalue weighted by atomic mass is 16.5. The van der Waals surface area contributed by atoms with Crippen LogP contribution >= 0.6 is 0 Å². The topological polar surface area (TPSA) is 60.3 Å². The highest BCUT2D eigenvalue weighted by Crippen LogP contribution is 2.07. The summed E-state index contributed by atoms with van der Waals surface area (Å²) in [5, 5.41) is 2.53. The third-order valence-corrected chi connectivity index (χ3v) is 2.88. The molecule has 1 aromatic carbocycles. The zero-order chi connectivity index (χ0) is 14.4. The van der Waals surface area contributed by atoms with E-state index >= 15 is 0 Å². The highest BCUT2D eigenvalue weighted by Gasteiger charge is 2.12. The van der Waals surface area contributed by atoms with E-state index in [0.29, 0.717) is 12.2 Å². The van der Waals surface area contributed by atoms with E-state index in [4.69, 9.17) is 0 Å². The number of carbonyl (C=O) groups is 2. The van der Waals surface area contributed by atoms with Crippen molar-refractivity contribution in [1.29, 1.82) is 0 Å². The number of methoxy groups -OCH3 is 1. The molecule has 2 rings (SSSR count). The second-order valence-electron chi connectivity index (χ2n) is 4.27. The number of carbonyl (C=O) groups excluding carboxylic acids is 2. The molecule has 104 valence electrons. The molecule has 0 fully saturated rings. The van der Waals surface area contributed by atoms with E-state index in [2.05, 4.69) is 10.1 Å². The lowest BCUT2D eigenvalue weighted by Gasteiger charge is -2.09. The molecule has 5 heteroatoms. The summed E-state index contributed by atoms with van der Waals surface area (Å²) in [5.74, 6) is -0.768. The van der Waals surface area contributed by atoms with Crippen molar-refractivity contribution < 1.29 is 14.3 Å². The molecular weight excluding hydrogens is 256 g/mol. The maximum absolute atomic E-state index is 12.0. The van der Waals surface area contributed by atoms with Crippen molar-refractivity contribution in [2.24, 2.45) is 0 Å². The van der Waals surface area contributed by atoms with Gasteiger partial charge in [-0.3, -0.25) is 9.59 Å². The number of hydrogen-bond acceptors (Lipinski definition) is 3. The van der Waals surface area contributed by atoms with Crippen molar-refractivity contribution in [3.05, 3.63) is 59.9 Å². The first-order chi connectivity index (χ1) is 9.70. The fraction of sp³-hybridized carbons (Fsp3) is 0.200. The number of aromatic nitrogens is 1. The Bertz CT molecular complexity index is 590. The molecule has 0 unspecified atom stereocenters. The number of rotatable bonds is 5. The Hall–Kier alpha value is -2.56. The molecule has 5 nitrogen and oxygen atoms in total. The highest BCUT2D eigenvalue weighted by molar-refractivity contribution is 5.94. The van der Waals surface area contributed by atoms with Gasteiger partial charge in [-0.15, -0.1) is 0 Å². The number of nitrogens with one attached hydrogen (secondary N) is 1. The minimum absolute atomic E-state index is 0.133. The van der Waals surface area contributed by atoms with Crippen LogP contribution in [0.25, 0.3) is 0 Å². The summed E-state index contributed by atoms with van der Waals surface area (Å²) in [5.41, 5.74) is 1.61. The number of amides is 1. The van der Waals surface area contributed by atoms with Crippen molar-refractivity contribution in [3.8, 4) is 0 Å². The Morgan fingerprint density at radius 1 is 1.15 bits per heavy atom. The monoisotopic (exact) mass is 272 g/mol. The van der Waals surface area contributed by atoms with E-state index in [9.17, 15) is 9.59 Å². The van der Waals surface area contributed by atoms with Crippen LogP contribution < -0.4 is 5.32 Å². The first-order valence-corrected chi connectivity index (χ1v) is 6.25. The Morgan fingerprint density at radius 3 is 2.60 bits per heavy atom. The lowest BCUT2D eigenvalue weighted by Crippen LogP contribution is -2.31. The zero-order valence-corrected chi connectivity index (χ0v) is 11.2. The molecule has 1 heterocycles. The average Bonchev–Trinajstić information content (AvgIpc) is 2.93. The van der Waals surface area contributed by atoms with Crippen LogP contribution in [0.15, 0.2) is 48.7 Å². The second-order valence-corrected chi connectivity index (χ2v) is 4.27. The molecule has 20 heavy (non-hydrogen) atoms. The summed E-state index contributed by atoms with van der Waals surface area (Å²) in [4.78, 5) is 23.0. The molecule has 0 bridgehead atoms. The van der Waals surface area contributed by atoms with Crippen LogP contribution in [0.5, 0.6) is 0 Å². The predicted octanol–water partition coefficient (Wildman–Crippen LogP) is 1.44. The maximum atomic E-state index is 12.0. The van der Waals surface area contributed by atoms with Gasteiger partial charge in [-0.25, -0.2) is 0 Å². The van der Waals surface area contributed by atoms with E-state index in [-0.39, 0.29) is 12.5 Å². The molecule has 0 aliphatic rings. The quantitative estimate of drug-likeness (QED) is 0.838. The van der Waals surface area contributed by atoms with Crippen molar-refractivity contribution in [3.63, 3.8) is 0 Å². The van der Waals surface area contributed by atoms with Crippen LogP contribution in [0.4, 0.5) is 0 Å². The number of ether oxygens (including phenoxy) is 1. The molecule has 0 saturated carbocycles. The van der Waals surface area contributed by atoms with Gasteiger partial charge < -0.3 is 14.6 Å². The molecule has 0 atom stereocenters. The summed E-state index contributed by atoms with van der Waals surface area (Å²) < 4.78 is 6.32. The van der Waals surface area contributed by atoms with Crippen molar-refractivity contribution in [2.75, 3.05) is 13.7 Å². The third kappa shape index (κ3) is 3.47. The van der Waals surface area contributed by atoms with Crippen molar-refractivity contribution >= 4 is 11.9 Å². The Balaban J connectivity index is 2.04. The molecule has 0 aliphatic heterocycles. The van der Waals surface area contributed by atoms with Gasteiger partial charge >= 0.3 is 5.97 Å². The Morgan fingerprint density at radius 2 is 1.90 bits per heavy atom. The summed E-state index contributed by atoms with van der Waals surface area (Å²) >= 11 is 0. The van der Waals surface area contributed by atoms with E-state index < -0.39 is 5.97 Å². The number of benzene rings is 1. The van der Waals surface area contributed by atoms with Crippen LogP contribution in [0.1, 0.15) is 16.1 Å². The minimum atomic E-state index is -0.473. The van der Waals surface area contributed by atoms with Gasteiger partial charge in [0, 0.05) is 12.7 Å². The number of hydrogen-bond donors (Lipinski definition) is 1. The van der Waals surface area contributed by atoms with Gasteiger partial charge in [0.2, 0.25) is 0 Å². The lowest BCUT2D eigenvalue weighted by molar-refractivity contribution is -0.139. The van der Waals surface area contributed by atoms with E-state index in [0.717, 1.165) is 5.56 Å². The van der Waals surface area contributed by atoms with Gasteiger partial charge in [0.05, 0.1) is 7.11 Å². The molecule has 0 aliphatic carbocycles. The molecule has 0 saturated heterocycles. The van der Waals surface area contributed by atoms with Gasteiger partial charge in [0.1, 0.15) is 12.2 Å². The van der Waals surface area contributed by atoms with Gasteiger partial charge in [-0.2, -0.15) is 0 Å². The number of nitrogens with zero attached hydrogens (tertiary/aromatic N) is 1. The Labute approximate surface area is 117 Å². The normalized spacial score (nSPS) is 10.1. The van der Waals surface area contributed by atoms with Crippen molar-refractivity contribution in [1.82, 2.24) is 9.88 Å². The maximum Gasteiger partial charge on any atom is 0.325 e. The molecule has 1 N–H and O–H groups in total. The zero-order valence-electron chi connectivity index (χ0n) is 11.2. The molecular formula is C15H16N2O3. The van der Waals surface area contributed by atoms with Crippen LogP contribution in [0.3, 0.4) is 0 Å². The van der Waals surface area contributed by atoms with Crippen LogP contribution in [0, 0.1) is 0 Å². The Kier molecular flexibility index (Phi) is 4.55. The first kappa shape index (κ1) is 13.9. The fourth-order valence-electron chi connectivity index (χ4n) is 1.85. The lowest BCUT2D eigenvalue weighted by atomic mass is 10.2. The van der Waals surface area contributed by atoms with E-state index in [1.807, 2.05) is 41.1 Å². The van der Waals surface area contributed by atoms with Crippen LogP contribution in [0.2, 0.25) is 0 Å². The molecule has 0 radical (unpaired) electrons. The second kappa shape index (κ2) is 6.56. The minimum Gasteiger partial charge on any atom is -0.468 e.